The topological polar surface area (TPSA) is 67.1 Å². The average molecular weight is 213 g/mol. The molecule has 0 aliphatic heterocycles. The molecular weight excluding hydrogens is 197 g/mol. The van der Waals surface area contributed by atoms with Gasteiger partial charge in [0.1, 0.15) is 0 Å². The molecule has 1 heterocycles. The third-order valence-electron chi connectivity index (χ3n) is 1.78. The van der Waals surface area contributed by atoms with Gasteiger partial charge in [-0.25, -0.2) is 9.37 Å². The van der Waals surface area contributed by atoms with Crippen molar-refractivity contribution in [3.63, 3.8) is 0 Å². The molecule has 0 amide bonds. The van der Waals surface area contributed by atoms with Crippen molar-refractivity contribution in [3.8, 4) is 0 Å². The van der Waals surface area contributed by atoms with Crippen molar-refractivity contribution < 1.29 is 4.39 Å². The molecule has 0 bridgehead atoms. The lowest BCUT2D eigenvalue weighted by Crippen LogP contribution is -2.30. The monoisotopic (exact) mass is 213 g/mol. The molecule has 3 N–H and O–H groups in total. The number of hydrogen-bond donors (Lipinski definition) is 2. The quantitative estimate of drug-likeness (QED) is 0.765. The van der Waals surface area contributed by atoms with Crippen LogP contribution in [-0.4, -0.2) is 41.5 Å². The number of hydrogen-bond acceptors (Lipinski definition) is 5. The van der Waals surface area contributed by atoms with Gasteiger partial charge >= 0.3 is 0 Å². The summed E-state index contributed by atoms with van der Waals surface area (Å²) in [4.78, 5) is 9.33. The van der Waals surface area contributed by atoms with E-state index < -0.39 is 5.82 Å². The van der Waals surface area contributed by atoms with Gasteiger partial charge < -0.3 is 16.0 Å². The highest BCUT2D eigenvalue weighted by molar-refractivity contribution is 5.39. The van der Waals surface area contributed by atoms with E-state index in [2.05, 4.69) is 15.3 Å². The highest BCUT2D eigenvalue weighted by Gasteiger charge is 2.09. The summed E-state index contributed by atoms with van der Waals surface area (Å²) in [5.74, 6) is -0.275. The number of nitrogens with two attached hydrogens (primary N) is 1. The van der Waals surface area contributed by atoms with Gasteiger partial charge in [0, 0.05) is 12.6 Å². The second kappa shape index (κ2) is 4.88. The first-order valence-electron chi connectivity index (χ1n) is 4.68. The Morgan fingerprint density at radius 3 is 2.87 bits per heavy atom. The molecule has 1 aromatic heterocycles. The zero-order valence-electron chi connectivity index (χ0n) is 9.16. The van der Waals surface area contributed by atoms with Crippen LogP contribution in [-0.2, 0) is 0 Å². The molecule has 0 aromatic carbocycles. The number of halogens is 1. The maximum Gasteiger partial charge on any atom is 0.222 e. The van der Waals surface area contributed by atoms with Crippen LogP contribution in [0, 0.1) is 5.82 Å². The molecule has 1 unspecified atom stereocenters. The molecule has 6 heteroatoms. The number of nitrogens with one attached hydrogen (secondary N) is 1. The summed E-state index contributed by atoms with van der Waals surface area (Å²) in [6.07, 6.45) is 1.06. The Balaban J connectivity index is 2.67. The number of anilines is 2. The van der Waals surface area contributed by atoms with Crippen LogP contribution in [0.4, 0.5) is 16.2 Å². The first kappa shape index (κ1) is 11.6. The first-order valence-corrected chi connectivity index (χ1v) is 4.68. The van der Waals surface area contributed by atoms with Crippen LogP contribution in [0.2, 0.25) is 0 Å². The lowest BCUT2D eigenvalue weighted by Gasteiger charge is -2.18. The lowest BCUT2D eigenvalue weighted by molar-refractivity contribution is 0.391. The summed E-state index contributed by atoms with van der Waals surface area (Å²) in [5, 5.41) is 2.93. The van der Waals surface area contributed by atoms with Gasteiger partial charge in [0.15, 0.2) is 11.6 Å². The Morgan fingerprint density at radius 1 is 1.60 bits per heavy atom. The van der Waals surface area contributed by atoms with Crippen LogP contribution < -0.4 is 11.1 Å². The third-order valence-corrected chi connectivity index (χ3v) is 1.78. The van der Waals surface area contributed by atoms with Crippen LogP contribution in [0.3, 0.4) is 0 Å². The summed E-state index contributed by atoms with van der Waals surface area (Å²) >= 11 is 0. The molecule has 1 rings (SSSR count). The first-order chi connectivity index (χ1) is 6.99. The molecule has 84 valence electrons. The van der Waals surface area contributed by atoms with E-state index >= 15 is 0 Å². The fourth-order valence-electron chi connectivity index (χ4n) is 1.31. The molecule has 0 radical (unpaired) electrons. The summed E-state index contributed by atoms with van der Waals surface area (Å²) in [5.41, 5.74) is 5.37. The number of nitrogens with zero attached hydrogens (tertiary/aromatic N) is 3. The van der Waals surface area contributed by atoms with Gasteiger partial charge in [0.05, 0.1) is 6.20 Å². The van der Waals surface area contributed by atoms with Crippen molar-refractivity contribution in [2.45, 2.75) is 13.0 Å². The standard InChI is InChI=1S/C9H16FN5/c1-6(5-15(2)3)13-8-7(10)4-12-9(11)14-8/h4,6H,5H2,1-3H3,(H3,11,12,13,14). The van der Waals surface area contributed by atoms with Gasteiger partial charge in [-0.1, -0.05) is 0 Å². The van der Waals surface area contributed by atoms with Crippen LogP contribution in [0.1, 0.15) is 6.92 Å². The SMILES string of the molecule is CC(CN(C)C)Nc1nc(N)ncc1F. The number of likely N-dealkylation sites (N-methyl/N-ethyl adjacent to an activating group) is 1. The van der Waals surface area contributed by atoms with Crippen molar-refractivity contribution in [1.82, 2.24) is 14.9 Å². The van der Waals surface area contributed by atoms with E-state index in [1.807, 2.05) is 25.9 Å². The van der Waals surface area contributed by atoms with E-state index in [9.17, 15) is 4.39 Å². The summed E-state index contributed by atoms with van der Waals surface area (Å²) in [6, 6.07) is 0.0869. The van der Waals surface area contributed by atoms with Gasteiger partial charge in [0.25, 0.3) is 0 Å². The van der Waals surface area contributed by atoms with Gasteiger partial charge in [-0.05, 0) is 21.0 Å². The van der Waals surface area contributed by atoms with Gasteiger partial charge in [-0.3, -0.25) is 0 Å². The van der Waals surface area contributed by atoms with Gasteiger partial charge in [0.2, 0.25) is 5.95 Å². The van der Waals surface area contributed by atoms with Crippen LogP contribution in [0.5, 0.6) is 0 Å². The zero-order valence-corrected chi connectivity index (χ0v) is 9.16. The number of nitrogen functional groups attached to an aromatic ring is 1. The Kier molecular flexibility index (Phi) is 3.79. The largest absolute Gasteiger partial charge is 0.368 e. The second-order valence-electron chi connectivity index (χ2n) is 3.73. The molecule has 5 nitrogen and oxygen atoms in total. The van der Waals surface area contributed by atoms with Crippen molar-refractivity contribution in [1.29, 1.82) is 0 Å². The van der Waals surface area contributed by atoms with E-state index in [-0.39, 0.29) is 17.8 Å². The van der Waals surface area contributed by atoms with E-state index in [1.54, 1.807) is 0 Å². The fraction of sp³-hybridized carbons (Fsp3) is 0.556. The average Bonchev–Trinajstić information content (AvgIpc) is 2.10. The highest BCUT2D eigenvalue weighted by Crippen LogP contribution is 2.11. The minimum absolute atomic E-state index is 0.0657. The van der Waals surface area contributed by atoms with Gasteiger partial charge in [-0.2, -0.15) is 4.98 Å². The number of aromatic nitrogens is 2. The van der Waals surface area contributed by atoms with Crippen molar-refractivity contribution in [3.05, 3.63) is 12.0 Å². The van der Waals surface area contributed by atoms with Crippen molar-refractivity contribution in [2.24, 2.45) is 0 Å². The van der Waals surface area contributed by atoms with Crippen molar-refractivity contribution in [2.75, 3.05) is 31.7 Å². The third kappa shape index (κ3) is 3.67. The zero-order chi connectivity index (χ0) is 11.4. The molecule has 0 aliphatic carbocycles. The minimum Gasteiger partial charge on any atom is -0.368 e. The smallest absolute Gasteiger partial charge is 0.222 e. The summed E-state index contributed by atoms with van der Waals surface area (Å²) in [6.45, 7) is 2.72. The normalized spacial score (nSPS) is 12.9. The van der Waals surface area contributed by atoms with E-state index in [0.29, 0.717) is 0 Å². The predicted molar refractivity (Wildman–Crippen MR) is 58.0 cm³/mol. The van der Waals surface area contributed by atoms with Crippen molar-refractivity contribution >= 4 is 11.8 Å². The predicted octanol–water partition coefficient (Wildman–Crippen LogP) is 0.560. The highest BCUT2D eigenvalue weighted by atomic mass is 19.1. The lowest BCUT2D eigenvalue weighted by atomic mass is 10.3. The molecule has 1 aromatic rings. The maximum atomic E-state index is 13.2. The van der Waals surface area contributed by atoms with E-state index in [1.165, 1.54) is 0 Å². The fourth-order valence-corrected chi connectivity index (χ4v) is 1.31. The molecule has 1 atom stereocenters. The molecule has 0 spiro atoms. The Morgan fingerprint density at radius 2 is 2.27 bits per heavy atom. The van der Waals surface area contributed by atoms with E-state index in [4.69, 9.17) is 5.73 Å². The Labute approximate surface area is 88.5 Å². The molecule has 0 saturated heterocycles. The molecule has 0 fully saturated rings. The molecule has 0 saturated carbocycles. The second-order valence-corrected chi connectivity index (χ2v) is 3.73. The van der Waals surface area contributed by atoms with E-state index in [0.717, 1.165) is 12.7 Å². The van der Waals surface area contributed by atoms with Crippen LogP contribution in [0.15, 0.2) is 6.20 Å². The summed E-state index contributed by atoms with van der Waals surface area (Å²) in [7, 11) is 3.89. The Hall–Kier alpha value is -1.43. The summed E-state index contributed by atoms with van der Waals surface area (Å²) < 4.78 is 13.2. The molecule has 0 aliphatic rings. The Bertz CT molecular complexity index is 328. The maximum absolute atomic E-state index is 13.2. The minimum atomic E-state index is -0.491. The van der Waals surface area contributed by atoms with Crippen LogP contribution in [0.25, 0.3) is 0 Å². The molecular formula is C9H16FN5. The molecule has 15 heavy (non-hydrogen) atoms. The number of rotatable bonds is 4. The van der Waals surface area contributed by atoms with Crippen LogP contribution >= 0.6 is 0 Å². The van der Waals surface area contributed by atoms with Gasteiger partial charge in [-0.15, -0.1) is 0 Å².